The molecule has 0 aliphatic carbocycles. The highest BCUT2D eigenvalue weighted by atomic mass is 16.3. The second-order valence-corrected chi connectivity index (χ2v) is 4.92. The van der Waals surface area contributed by atoms with Crippen molar-refractivity contribution in [2.45, 2.75) is 72.3 Å². The standard InChI is InChI=1S/C15H28O/c1-5-6-7-8-9-10-11-12-14(4)15(16)13(2)3/h11,13,15-16H,5-10H2,1-4H3/t12?,15-/m1/s1. The predicted octanol–water partition coefficient (Wildman–Crippen LogP) is 4.47. The summed E-state index contributed by atoms with van der Waals surface area (Å²) in [6.45, 7) is 8.25. The lowest BCUT2D eigenvalue weighted by Crippen LogP contribution is -2.15. The minimum absolute atomic E-state index is 0.283. The molecule has 0 aliphatic rings. The Kier molecular flexibility index (Phi) is 9.37. The fraction of sp³-hybridized carbons (Fsp3) is 0.800. The van der Waals surface area contributed by atoms with Gasteiger partial charge in [-0.25, -0.2) is 0 Å². The van der Waals surface area contributed by atoms with Crippen LogP contribution in [0.4, 0.5) is 0 Å². The first-order valence-corrected chi connectivity index (χ1v) is 6.69. The van der Waals surface area contributed by atoms with E-state index < -0.39 is 0 Å². The molecule has 0 bridgehead atoms. The van der Waals surface area contributed by atoms with Gasteiger partial charge in [0.2, 0.25) is 0 Å². The molecule has 0 saturated carbocycles. The van der Waals surface area contributed by atoms with E-state index in [9.17, 15) is 5.11 Å². The van der Waals surface area contributed by atoms with E-state index in [2.05, 4.69) is 18.7 Å². The molecule has 0 aliphatic heterocycles. The fourth-order valence-electron chi connectivity index (χ4n) is 1.67. The van der Waals surface area contributed by atoms with Gasteiger partial charge >= 0.3 is 0 Å². The summed E-state index contributed by atoms with van der Waals surface area (Å²) >= 11 is 0. The average molecular weight is 224 g/mol. The van der Waals surface area contributed by atoms with Gasteiger partial charge in [-0.3, -0.25) is 0 Å². The summed E-state index contributed by atoms with van der Waals surface area (Å²) in [4.78, 5) is 0. The first-order chi connectivity index (χ1) is 7.59. The summed E-state index contributed by atoms with van der Waals surface area (Å²) in [6, 6.07) is 0. The Bertz CT molecular complexity index is 222. The average Bonchev–Trinajstić information content (AvgIpc) is 2.26. The van der Waals surface area contributed by atoms with E-state index in [1.54, 1.807) is 0 Å². The zero-order valence-electron chi connectivity index (χ0n) is 11.4. The van der Waals surface area contributed by atoms with Gasteiger partial charge in [-0.05, 0) is 37.3 Å². The molecule has 0 aromatic heterocycles. The first-order valence-electron chi connectivity index (χ1n) is 6.69. The molecule has 1 N–H and O–H groups in total. The van der Waals surface area contributed by atoms with E-state index in [4.69, 9.17) is 0 Å². The Balaban J connectivity index is 3.76. The van der Waals surface area contributed by atoms with Crippen molar-refractivity contribution in [1.29, 1.82) is 0 Å². The second kappa shape index (κ2) is 9.69. The van der Waals surface area contributed by atoms with Crippen molar-refractivity contribution < 1.29 is 5.11 Å². The summed E-state index contributed by atoms with van der Waals surface area (Å²) in [5, 5.41) is 9.75. The van der Waals surface area contributed by atoms with Gasteiger partial charge in [0, 0.05) is 0 Å². The van der Waals surface area contributed by atoms with Crippen LogP contribution in [0.2, 0.25) is 0 Å². The molecule has 1 heteroatoms. The third kappa shape index (κ3) is 7.73. The lowest BCUT2D eigenvalue weighted by atomic mass is 10.0. The quantitative estimate of drug-likeness (QED) is 0.476. The molecule has 0 unspecified atom stereocenters. The highest BCUT2D eigenvalue weighted by Crippen LogP contribution is 2.10. The van der Waals surface area contributed by atoms with Crippen molar-refractivity contribution in [3.05, 3.63) is 17.4 Å². The molecule has 0 saturated heterocycles. The van der Waals surface area contributed by atoms with Gasteiger partial charge in [-0.2, -0.15) is 0 Å². The summed E-state index contributed by atoms with van der Waals surface area (Å²) in [5.74, 6) is 0.283. The summed E-state index contributed by atoms with van der Waals surface area (Å²) in [7, 11) is 0. The normalized spacial score (nSPS) is 12.4. The third-order valence-corrected chi connectivity index (χ3v) is 2.86. The van der Waals surface area contributed by atoms with E-state index >= 15 is 0 Å². The van der Waals surface area contributed by atoms with Gasteiger partial charge in [0.05, 0.1) is 6.10 Å². The van der Waals surface area contributed by atoms with Crippen LogP contribution in [0.15, 0.2) is 17.4 Å². The molecular formula is C15H28O. The Hall–Kier alpha value is -0.520. The number of aliphatic hydroxyl groups is 1. The SMILES string of the molecule is CCCCCCCC=C=C(C)[C@H](O)C(C)C. The highest BCUT2D eigenvalue weighted by molar-refractivity contribution is 5.05. The number of unbranched alkanes of at least 4 members (excludes halogenated alkanes) is 5. The number of hydrogen-bond donors (Lipinski definition) is 1. The van der Waals surface area contributed by atoms with Crippen LogP contribution in [-0.2, 0) is 0 Å². The monoisotopic (exact) mass is 224 g/mol. The van der Waals surface area contributed by atoms with Crippen molar-refractivity contribution in [3.63, 3.8) is 0 Å². The van der Waals surface area contributed by atoms with Crippen molar-refractivity contribution in [2.24, 2.45) is 5.92 Å². The molecule has 1 atom stereocenters. The molecule has 0 fully saturated rings. The van der Waals surface area contributed by atoms with E-state index in [1.165, 1.54) is 32.1 Å². The molecule has 0 amide bonds. The predicted molar refractivity (Wildman–Crippen MR) is 71.5 cm³/mol. The molecule has 1 nitrogen and oxygen atoms in total. The van der Waals surface area contributed by atoms with Crippen LogP contribution in [-0.4, -0.2) is 11.2 Å². The molecule has 0 radical (unpaired) electrons. The van der Waals surface area contributed by atoms with Crippen LogP contribution in [0, 0.1) is 5.92 Å². The first kappa shape index (κ1) is 15.5. The van der Waals surface area contributed by atoms with E-state index in [1.807, 2.05) is 20.8 Å². The smallest absolute Gasteiger partial charge is 0.0843 e. The molecular weight excluding hydrogens is 196 g/mol. The van der Waals surface area contributed by atoms with Crippen LogP contribution < -0.4 is 0 Å². The molecule has 0 aromatic carbocycles. The van der Waals surface area contributed by atoms with Gasteiger partial charge in [0.15, 0.2) is 0 Å². The highest BCUT2D eigenvalue weighted by Gasteiger charge is 2.09. The minimum Gasteiger partial charge on any atom is -0.388 e. The Morgan fingerprint density at radius 3 is 2.38 bits per heavy atom. The number of aliphatic hydroxyl groups excluding tert-OH is 1. The Morgan fingerprint density at radius 1 is 1.19 bits per heavy atom. The summed E-state index contributed by atoms with van der Waals surface area (Å²) < 4.78 is 0. The molecule has 0 heterocycles. The van der Waals surface area contributed by atoms with Gasteiger partial charge in [-0.15, -0.1) is 5.73 Å². The third-order valence-electron chi connectivity index (χ3n) is 2.86. The van der Waals surface area contributed by atoms with Crippen LogP contribution >= 0.6 is 0 Å². The van der Waals surface area contributed by atoms with Crippen LogP contribution in [0.1, 0.15) is 66.2 Å². The minimum atomic E-state index is -0.337. The van der Waals surface area contributed by atoms with Crippen LogP contribution in [0.25, 0.3) is 0 Å². The summed E-state index contributed by atoms with van der Waals surface area (Å²) in [5.41, 5.74) is 4.16. The van der Waals surface area contributed by atoms with Gasteiger partial charge in [0.1, 0.15) is 0 Å². The zero-order valence-corrected chi connectivity index (χ0v) is 11.4. The number of rotatable bonds is 8. The van der Waals surface area contributed by atoms with E-state index in [-0.39, 0.29) is 12.0 Å². The van der Waals surface area contributed by atoms with Crippen molar-refractivity contribution in [2.75, 3.05) is 0 Å². The van der Waals surface area contributed by atoms with Crippen molar-refractivity contribution >= 4 is 0 Å². The van der Waals surface area contributed by atoms with E-state index in [0.29, 0.717) is 0 Å². The lowest BCUT2D eigenvalue weighted by molar-refractivity contribution is 0.160. The van der Waals surface area contributed by atoms with Crippen LogP contribution in [0.5, 0.6) is 0 Å². The maximum Gasteiger partial charge on any atom is 0.0843 e. The Morgan fingerprint density at radius 2 is 1.81 bits per heavy atom. The van der Waals surface area contributed by atoms with Gasteiger partial charge < -0.3 is 5.11 Å². The maximum absolute atomic E-state index is 9.75. The molecule has 0 aromatic rings. The maximum atomic E-state index is 9.75. The topological polar surface area (TPSA) is 20.2 Å². The zero-order chi connectivity index (χ0) is 12.4. The molecule has 0 rings (SSSR count). The largest absolute Gasteiger partial charge is 0.388 e. The van der Waals surface area contributed by atoms with Crippen molar-refractivity contribution in [1.82, 2.24) is 0 Å². The molecule has 0 spiro atoms. The lowest BCUT2D eigenvalue weighted by Gasteiger charge is -2.12. The number of hydrogen-bond acceptors (Lipinski definition) is 1. The second-order valence-electron chi connectivity index (χ2n) is 4.92. The fourth-order valence-corrected chi connectivity index (χ4v) is 1.67. The molecule has 16 heavy (non-hydrogen) atoms. The molecule has 94 valence electrons. The van der Waals surface area contributed by atoms with Crippen molar-refractivity contribution in [3.8, 4) is 0 Å². The van der Waals surface area contributed by atoms with Gasteiger partial charge in [0.25, 0.3) is 0 Å². The van der Waals surface area contributed by atoms with Gasteiger partial charge in [-0.1, -0.05) is 46.5 Å². The summed E-state index contributed by atoms with van der Waals surface area (Å²) in [6.07, 6.45) is 9.40. The van der Waals surface area contributed by atoms with E-state index in [0.717, 1.165) is 12.0 Å². The Labute approximate surface area is 101 Å². The van der Waals surface area contributed by atoms with Crippen LogP contribution in [0.3, 0.4) is 0 Å².